The Bertz CT molecular complexity index is 752. The van der Waals surface area contributed by atoms with E-state index in [0.717, 1.165) is 0 Å². The third-order valence-corrected chi connectivity index (χ3v) is 9.71. The molecule has 3 aromatic rings. The molecule has 0 aliphatic heterocycles. The van der Waals surface area contributed by atoms with Crippen molar-refractivity contribution in [3.8, 4) is 0 Å². The van der Waals surface area contributed by atoms with Gasteiger partial charge in [0.15, 0.2) is 0 Å². The first-order chi connectivity index (χ1) is 14.9. The predicted octanol–water partition coefficient (Wildman–Crippen LogP) is 9.33. The van der Waals surface area contributed by atoms with Gasteiger partial charge in [0.25, 0.3) is 0 Å². The van der Waals surface area contributed by atoms with Gasteiger partial charge in [-0.25, -0.2) is 0 Å². The van der Waals surface area contributed by atoms with Gasteiger partial charge in [0, 0.05) is 0 Å². The zero-order chi connectivity index (χ0) is 22.6. The molecular weight excluding hydrogens is 707 g/mol. The Labute approximate surface area is 219 Å². The Kier molecular flexibility index (Phi) is 13.2. The second-order valence-corrected chi connectivity index (χ2v) is 44.3. The first-order valence-electron chi connectivity index (χ1n) is 10.5. The molecular formula is C25H30Br4FeP. The number of halogens is 4. The summed E-state index contributed by atoms with van der Waals surface area (Å²) in [6.07, 6.45) is 7.90. The molecule has 171 valence electrons. The SMILES string of the molecule is CCCCCCC[P+](c1ccccc1)(c1ccccc1)c1ccccc1.[Br][Fe-]([Br])([Br])[Br]. The molecule has 0 heterocycles. The maximum absolute atomic E-state index is 3.25. The second kappa shape index (κ2) is 14.7. The van der Waals surface area contributed by atoms with Crippen LogP contribution in [0.15, 0.2) is 91.0 Å². The summed E-state index contributed by atoms with van der Waals surface area (Å²) in [7, 11) is -1.60. The van der Waals surface area contributed by atoms with Crippen LogP contribution in [0.4, 0.5) is 0 Å². The Morgan fingerprint density at radius 2 is 0.871 bits per heavy atom. The molecule has 0 saturated carbocycles. The minimum absolute atomic E-state index is 1.25. The van der Waals surface area contributed by atoms with Crippen LogP contribution < -0.4 is 15.9 Å². The number of hydrogen-bond acceptors (Lipinski definition) is 0. The van der Waals surface area contributed by atoms with E-state index >= 15 is 0 Å². The standard InChI is InChI=1S/C25H30P.4BrH.Fe/c1-2-3-4-5-15-22-26(23-16-9-6-10-17-23,24-18-11-7-12-19-24)25-20-13-8-14-21-25;;;;;/h6-14,16-21H,2-5,15,22H2,1H3;4*1H;/q+1;;;;;+3/p-4. The summed E-state index contributed by atoms with van der Waals surface area (Å²) in [5, 5.41) is 4.52. The van der Waals surface area contributed by atoms with E-state index in [-0.39, 0.29) is 0 Å². The molecule has 0 bridgehead atoms. The van der Waals surface area contributed by atoms with Gasteiger partial charge in [0.2, 0.25) is 0 Å². The van der Waals surface area contributed by atoms with Crippen molar-refractivity contribution >= 4 is 79.6 Å². The van der Waals surface area contributed by atoms with Gasteiger partial charge in [-0.2, -0.15) is 0 Å². The molecule has 0 fully saturated rings. The van der Waals surface area contributed by atoms with Crippen molar-refractivity contribution in [2.45, 2.75) is 39.0 Å². The average Bonchev–Trinajstić information content (AvgIpc) is 2.77. The minimum atomic E-state index is -1.60. The van der Waals surface area contributed by atoms with E-state index in [0.29, 0.717) is 0 Å². The molecule has 0 unspecified atom stereocenters. The van der Waals surface area contributed by atoms with E-state index in [1.807, 2.05) is 0 Å². The van der Waals surface area contributed by atoms with Crippen LogP contribution in [0.1, 0.15) is 39.0 Å². The Morgan fingerprint density at radius 1 is 0.548 bits per heavy atom. The first kappa shape index (κ1) is 27.8. The fourth-order valence-electron chi connectivity index (χ4n) is 3.83. The van der Waals surface area contributed by atoms with E-state index in [9.17, 15) is 0 Å². The van der Waals surface area contributed by atoms with E-state index in [2.05, 4.69) is 154 Å². The third kappa shape index (κ3) is 9.73. The summed E-state index contributed by atoms with van der Waals surface area (Å²) in [5.41, 5.74) is -1.25. The molecule has 6 heteroatoms. The zero-order valence-corrected chi connectivity index (χ0v) is 26.1. The fraction of sp³-hybridized carbons (Fsp3) is 0.280. The van der Waals surface area contributed by atoms with Crippen molar-refractivity contribution in [3.63, 3.8) is 0 Å². The van der Waals surface area contributed by atoms with Crippen LogP contribution in [0.25, 0.3) is 0 Å². The van der Waals surface area contributed by atoms with Gasteiger partial charge in [-0.1, -0.05) is 80.8 Å². The van der Waals surface area contributed by atoms with Crippen molar-refractivity contribution in [3.05, 3.63) is 91.0 Å². The van der Waals surface area contributed by atoms with Gasteiger partial charge in [-0.05, 0) is 49.2 Å². The summed E-state index contributed by atoms with van der Waals surface area (Å²) in [5.74, 6) is 0. The third-order valence-electron chi connectivity index (χ3n) is 5.19. The molecule has 0 nitrogen and oxygen atoms in total. The van der Waals surface area contributed by atoms with Gasteiger partial charge < -0.3 is 0 Å². The van der Waals surface area contributed by atoms with Crippen LogP contribution in [0.2, 0.25) is 0 Å². The molecule has 0 aliphatic rings. The molecule has 3 aromatic carbocycles. The van der Waals surface area contributed by atoms with Crippen molar-refractivity contribution in [1.29, 1.82) is 0 Å². The molecule has 0 aromatic heterocycles. The van der Waals surface area contributed by atoms with Crippen molar-refractivity contribution < 1.29 is 5.61 Å². The predicted molar refractivity (Wildman–Crippen MR) is 154 cm³/mol. The Hall–Kier alpha value is 0.529. The fourth-order valence-corrected chi connectivity index (χ4v) is 8.24. The van der Waals surface area contributed by atoms with Crippen LogP contribution in [0.3, 0.4) is 0 Å². The molecule has 0 N–H and O–H groups in total. The summed E-state index contributed by atoms with van der Waals surface area (Å²) >= 11 is 13.0. The summed E-state index contributed by atoms with van der Waals surface area (Å²) < 4.78 is 0. The first-order valence-corrected chi connectivity index (χ1v) is 23.4. The van der Waals surface area contributed by atoms with Gasteiger partial charge in [-0.3, -0.25) is 0 Å². The van der Waals surface area contributed by atoms with Gasteiger partial charge in [0.1, 0.15) is 23.2 Å². The molecule has 0 atom stereocenters. The van der Waals surface area contributed by atoms with Crippen molar-refractivity contribution in [2.75, 3.05) is 6.16 Å². The summed E-state index contributed by atoms with van der Waals surface area (Å²) in [6, 6.07) is 33.7. The van der Waals surface area contributed by atoms with E-state index in [1.165, 1.54) is 54.2 Å². The molecule has 0 radical (unpaired) electrons. The summed E-state index contributed by atoms with van der Waals surface area (Å²) in [4.78, 5) is 0. The van der Waals surface area contributed by atoms with Crippen molar-refractivity contribution in [2.24, 2.45) is 0 Å². The van der Waals surface area contributed by atoms with Crippen LogP contribution in [0, 0.1) is 0 Å². The topological polar surface area (TPSA) is 0 Å². The van der Waals surface area contributed by atoms with Crippen LogP contribution >= 0.6 is 63.7 Å². The molecule has 0 saturated heterocycles. The number of unbranched alkanes of at least 4 members (excludes halogenated alkanes) is 4. The van der Waals surface area contributed by atoms with E-state index in [1.54, 1.807) is 0 Å². The van der Waals surface area contributed by atoms with E-state index < -0.39 is 12.9 Å². The van der Waals surface area contributed by atoms with Gasteiger partial charge in [0.05, 0.1) is 6.16 Å². The normalized spacial score (nSPS) is 12.0. The van der Waals surface area contributed by atoms with Crippen molar-refractivity contribution in [1.82, 2.24) is 0 Å². The maximum atomic E-state index is 3.25. The molecule has 31 heavy (non-hydrogen) atoms. The second-order valence-electron chi connectivity index (χ2n) is 7.26. The summed E-state index contributed by atoms with van der Waals surface area (Å²) in [6.45, 7) is 2.29. The van der Waals surface area contributed by atoms with Crippen LogP contribution in [-0.2, 0) is 5.61 Å². The number of benzene rings is 3. The Balaban J connectivity index is 0.000000614. The average molecular weight is 737 g/mol. The molecule has 0 spiro atoms. The van der Waals surface area contributed by atoms with Gasteiger partial charge in [-0.15, -0.1) is 0 Å². The monoisotopic (exact) mass is 733 g/mol. The zero-order valence-electron chi connectivity index (χ0n) is 17.7. The molecule has 0 aliphatic carbocycles. The van der Waals surface area contributed by atoms with Crippen LogP contribution in [-0.4, -0.2) is 6.16 Å². The molecule has 3 rings (SSSR count). The van der Waals surface area contributed by atoms with E-state index in [4.69, 9.17) is 0 Å². The number of hydrogen-bond donors (Lipinski definition) is 0. The number of rotatable bonds is 9. The Morgan fingerprint density at radius 3 is 1.19 bits per heavy atom. The van der Waals surface area contributed by atoms with Gasteiger partial charge >= 0.3 is 62.1 Å². The van der Waals surface area contributed by atoms with Crippen LogP contribution in [0.5, 0.6) is 0 Å². The molecule has 0 amide bonds. The quantitative estimate of drug-likeness (QED) is 0.117.